The smallest absolute Gasteiger partial charge is 0.242 e. The van der Waals surface area contributed by atoms with Gasteiger partial charge in [-0.05, 0) is 48.2 Å². The third kappa shape index (κ3) is 6.91. The van der Waals surface area contributed by atoms with E-state index < -0.39 is 6.04 Å². The average molecular weight is 456 g/mol. The molecule has 0 radical (unpaired) electrons. The number of carbonyl (C=O) groups excluding carboxylic acids is 2. The van der Waals surface area contributed by atoms with Crippen LogP contribution in [0.5, 0.6) is 0 Å². The number of amides is 2. The Morgan fingerprint density at radius 2 is 1.66 bits per heavy atom. The van der Waals surface area contributed by atoms with E-state index >= 15 is 0 Å². The summed E-state index contributed by atoms with van der Waals surface area (Å²) in [5, 5.41) is 4.49. The van der Waals surface area contributed by atoms with Crippen LogP contribution >= 0.6 is 34.8 Å². The van der Waals surface area contributed by atoms with E-state index in [2.05, 4.69) is 5.32 Å². The second kappa shape index (κ2) is 11.4. The van der Waals surface area contributed by atoms with Crippen molar-refractivity contribution in [1.82, 2.24) is 10.2 Å². The molecule has 29 heavy (non-hydrogen) atoms. The van der Waals surface area contributed by atoms with Crippen molar-refractivity contribution in [1.29, 1.82) is 0 Å². The Kier molecular flexibility index (Phi) is 9.28. The van der Waals surface area contributed by atoms with Gasteiger partial charge in [-0.3, -0.25) is 9.59 Å². The molecule has 7 heteroatoms. The van der Waals surface area contributed by atoms with Crippen molar-refractivity contribution in [2.45, 2.75) is 45.7 Å². The maximum atomic E-state index is 13.2. The molecule has 2 amide bonds. The van der Waals surface area contributed by atoms with E-state index in [-0.39, 0.29) is 24.8 Å². The summed E-state index contributed by atoms with van der Waals surface area (Å²) >= 11 is 18.3. The highest BCUT2D eigenvalue weighted by Crippen LogP contribution is 2.24. The van der Waals surface area contributed by atoms with Crippen LogP contribution in [0.2, 0.25) is 15.1 Å². The Bertz CT molecular complexity index is 840. The molecule has 2 aromatic rings. The van der Waals surface area contributed by atoms with Crippen LogP contribution in [-0.2, 0) is 22.6 Å². The van der Waals surface area contributed by atoms with Gasteiger partial charge < -0.3 is 10.2 Å². The Balaban J connectivity index is 2.30. The maximum absolute atomic E-state index is 13.2. The van der Waals surface area contributed by atoms with Gasteiger partial charge in [0.15, 0.2) is 0 Å². The fourth-order valence-electron chi connectivity index (χ4n) is 3.00. The summed E-state index contributed by atoms with van der Waals surface area (Å²) in [6, 6.07) is 11.7. The third-order valence-electron chi connectivity index (χ3n) is 4.56. The second-order valence-electron chi connectivity index (χ2n) is 6.78. The lowest BCUT2D eigenvalue weighted by Crippen LogP contribution is -2.49. The number of hydrogen-bond acceptors (Lipinski definition) is 2. The van der Waals surface area contributed by atoms with Crippen molar-refractivity contribution in [3.05, 3.63) is 68.7 Å². The van der Waals surface area contributed by atoms with Crippen LogP contribution in [-0.4, -0.2) is 29.3 Å². The van der Waals surface area contributed by atoms with Crippen LogP contribution in [0.4, 0.5) is 0 Å². The van der Waals surface area contributed by atoms with Crippen LogP contribution in [0, 0.1) is 0 Å². The van der Waals surface area contributed by atoms with Crippen LogP contribution in [0.15, 0.2) is 42.5 Å². The number of nitrogens with one attached hydrogen (secondary N) is 1. The molecular weight excluding hydrogens is 431 g/mol. The molecule has 0 fully saturated rings. The average Bonchev–Trinajstić information content (AvgIpc) is 2.69. The Morgan fingerprint density at radius 3 is 2.24 bits per heavy atom. The first-order valence-corrected chi connectivity index (χ1v) is 10.7. The van der Waals surface area contributed by atoms with E-state index in [1.54, 1.807) is 35.2 Å². The van der Waals surface area contributed by atoms with E-state index in [1.165, 1.54) is 0 Å². The first-order valence-electron chi connectivity index (χ1n) is 9.61. The minimum absolute atomic E-state index is 0.156. The summed E-state index contributed by atoms with van der Waals surface area (Å²) in [6.45, 7) is 4.66. The van der Waals surface area contributed by atoms with Gasteiger partial charge in [0.1, 0.15) is 6.04 Å². The molecule has 0 heterocycles. The number of benzene rings is 2. The molecule has 1 N–H and O–H groups in total. The number of nitrogens with zero attached hydrogens (tertiary/aromatic N) is 1. The first-order chi connectivity index (χ1) is 13.8. The Labute approximate surface area is 187 Å². The molecule has 0 aromatic heterocycles. The summed E-state index contributed by atoms with van der Waals surface area (Å²) < 4.78 is 0. The summed E-state index contributed by atoms with van der Waals surface area (Å²) in [6.07, 6.45) is 1.48. The van der Waals surface area contributed by atoms with Crippen molar-refractivity contribution >= 4 is 46.6 Å². The van der Waals surface area contributed by atoms with E-state index in [0.29, 0.717) is 28.0 Å². The molecule has 0 aliphatic rings. The molecule has 0 aliphatic heterocycles. The molecule has 0 saturated heterocycles. The predicted molar refractivity (Wildman–Crippen MR) is 120 cm³/mol. The minimum atomic E-state index is -0.590. The normalized spacial score (nSPS) is 11.8. The van der Waals surface area contributed by atoms with Gasteiger partial charge in [0.05, 0.1) is 6.42 Å². The molecule has 0 aliphatic carbocycles. The first kappa shape index (κ1) is 23.5. The quantitative estimate of drug-likeness (QED) is 0.541. The zero-order chi connectivity index (χ0) is 21.4. The van der Waals surface area contributed by atoms with E-state index in [4.69, 9.17) is 34.8 Å². The van der Waals surface area contributed by atoms with Crippen LogP contribution in [0.25, 0.3) is 0 Å². The summed E-state index contributed by atoms with van der Waals surface area (Å²) in [7, 11) is 0. The molecule has 0 saturated carbocycles. The largest absolute Gasteiger partial charge is 0.354 e. The fourth-order valence-corrected chi connectivity index (χ4v) is 3.59. The molecule has 2 aromatic carbocycles. The van der Waals surface area contributed by atoms with E-state index in [9.17, 15) is 9.59 Å². The van der Waals surface area contributed by atoms with Gasteiger partial charge in [0.25, 0.3) is 0 Å². The zero-order valence-electron chi connectivity index (χ0n) is 16.6. The maximum Gasteiger partial charge on any atom is 0.242 e. The monoisotopic (exact) mass is 454 g/mol. The highest BCUT2D eigenvalue weighted by molar-refractivity contribution is 6.35. The number of hydrogen-bond donors (Lipinski definition) is 1. The third-order valence-corrected chi connectivity index (χ3v) is 5.40. The van der Waals surface area contributed by atoms with Crippen molar-refractivity contribution in [3.8, 4) is 0 Å². The number of carbonyl (C=O) groups is 2. The molecule has 0 spiro atoms. The van der Waals surface area contributed by atoms with Gasteiger partial charge in [-0.15, -0.1) is 0 Å². The van der Waals surface area contributed by atoms with E-state index in [1.807, 2.05) is 26.0 Å². The van der Waals surface area contributed by atoms with Gasteiger partial charge in [-0.2, -0.15) is 0 Å². The lowest BCUT2D eigenvalue weighted by atomic mass is 10.1. The van der Waals surface area contributed by atoms with Crippen molar-refractivity contribution in [3.63, 3.8) is 0 Å². The van der Waals surface area contributed by atoms with Gasteiger partial charge in [-0.1, -0.05) is 66.8 Å². The molecular formula is C22H25Cl3N2O2. The van der Waals surface area contributed by atoms with Gasteiger partial charge in [0, 0.05) is 28.2 Å². The SMILES string of the molecule is CCCNC(=O)[C@H](CC)N(Cc1ccc(Cl)cc1Cl)C(=O)Cc1ccc(Cl)cc1. The standard InChI is InChI=1S/C22H25Cl3N2O2/c1-3-11-26-22(29)20(4-2)27(14-16-7-10-18(24)13-19(16)25)21(28)12-15-5-8-17(23)9-6-15/h5-10,13,20H,3-4,11-12,14H2,1-2H3,(H,26,29)/t20-/m0/s1. The number of halogens is 3. The van der Waals surface area contributed by atoms with Gasteiger partial charge in [0.2, 0.25) is 11.8 Å². The molecule has 2 rings (SSSR count). The van der Waals surface area contributed by atoms with Crippen molar-refractivity contribution in [2.24, 2.45) is 0 Å². The fraction of sp³-hybridized carbons (Fsp3) is 0.364. The molecule has 1 atom stereocenters. The van der Waals surface area contributed by atoms with Crippen molar-refractivity contribution in [2.75, 3.05) is 6.54 Å². The van der Waals surface area contributed by atoms with Crippen molar-refractivity contribution < 1.29 is 9.59 Å². The Morgan fingerprint density at radius 1 is 1.00 bits per heavy atom. The van der Waals surface area contributed by atoms with E-state index in [0.717, 1.165) is 17.5 Å². The van der Waals surface area contributed by atoms with Gasteiger partial charge in [-0.25, -0.2) is 0 Å². The Hall–Kier alpha value is -1.75. The van der Waals surface area contributed by atoms with Crippen LogP contribution in [0.1, 0.15) is 37.8 Å². The molecule has 0 bridgehead atoms. The minimum Gasteiger partial charge on any atom is -0.354 e. The molecule has 156 valence electrons. The van der Waals surface area contributed by atoms with Crippen LogP contribution in [0.3, 0.4) is 0 Å². The summed E-state index contributed by atoms with van der Waals surface area (Å²) in [5.74, 6) is -0.319. The zero-order valence-corrected chi connectivity index (χ0v) is 18.8. The predicted octanol–water partition coefficient (Wildman–Crippen LogP) is 5.52. The second-order valence-corrected chi connectivity index (χ2v) is 8.06. The van der Waals surface area contributed by atoms with Gasteiger partial charge >= 0.3 is 0 Å². The summed E-state index contributed by atoms with van der Waals surface area (Å²) in [5.41, 5.74) is 1.57. The number of rotatable bonds is 9. The van der Waals surface area contributed by atoms with Crippen LogP contribution < -0.4 is 5.32 Å². The molecule has 0 unspecified atom stereocenters. The topological polar surface area (TPSA) is 49.4 Å². The lowest BCUT2D eigenvalue weighted by molar-refractivity contribution is -0.140. The molecule has 4 nitrogen and oxygen atoms in total. The lowest BCUT2D eigenvalue weighted by Gasteiger charge is -2.31. The highest BCUT2D eigenvalue weighted by Gasteiger charge is 2.29. The highest BCUT2D eigenvalue weighted by atomic mass is 35.5. The summed E-state index contributed by atoms with van der Waals surface area (Å²) in [4.78, 5) is 27.5.